The summed E-state index contributed by atoms with van der Waals surface area (Å²) in [6.07, 6.45) is 1.42. The maximum atomic E-state index is 11.3. The molecule has 0 unspecified atom stereocenters. The molecule has 2 rings (SSSR count). The highest BCUT2D eigenvalue weighted by Crippen LogP contribution is 2.04. The van der Waals surface area contributed by atoms with Crippen LogP contribution in [-0.2, 0) is 13.1 Å². The number of aromatic carboxylic acids is 1. The Morgan fingerprint density at radius 3 is 3.07 bits per heavy atom. The van der Waals surface area contributed by atoms with E-state index in [-0.39, 0.29) is 5.56 Å². The topological polar surface area (TPSA) is 71.3 Å². The van der Waals surface area contributed by atoms with Gasteiger partial charge in [0.15, 0.2) is 5.43 Å². The fraction of sp³-hybridized carbons (Fsp3) is 0.333. The third-order valence-electron chi connectivity index (χ3n) is 2.28. The van der Waals surface area contributed by atoms with Crippen molar-refractivity contribution in [3.05, 3.63) is 33.7 Å². The fourth-order valence-electron chi connectivity index (χ4n) is 1.55. The van der Waals surface area contributed by atoms with Crippen LogP contribution in [0.5, 0.6) is 0 Å². The second-order valence-corrected chi connectivity index (χ2v) is 3.22. The summed E-state index contributed by atoms with van der Waals surface area (Å²) < 4.78 is 1.81. The van der Waals surface area contributed by atoms with Gasteiger partial charge in [-0.2, -0.15) is 0 Å². The molecule has 0 bridgehead atoms. The average molecular weight is 194 g/mol. The van der Waals surface area contributed by atoms with Crippen molar-refractivity contribution in [1.82, 2.24) is 9.88 Å². The molecule has 0 atom stereocenters. The number of aromatic nitrogens is 1. The minimum absolute atomic E-state index is 0.157. The third-order valence-corrected chi connectivity index (χ3v) is 2.28. The Morgan fingerprint density at radius 1 is 1.57 bits per heavy atom. The van der Waals surface area contributed by atoms with E-state index in [4.69, 9.17) is 5.11 Å². The van der Waals surface area contributed by atoms with E-state index in [1.54, 1.807) is 4.57 Å². The van der Waals surface area contributed by atoms with Crippen LogP contribution >= 0.6 is 0 Å². The normalized spacial score (nSPS) is 14.9. The Balaban J connectivity index is 2.56. The standard InChI is InChI=1S/C9H10N2O3/c12-8-3-6-4-10-1-2-11(6)5-7(8)9(13)14/h3,5,10H,1-2,4H2,(H,13,14). The average Bonchev–Trinajstić information content (AvgIpc) is 2.16. The highest BCUT2D eigenvalue weighted by Gasteiger charge is 2.13. The van der Waals surface area contributed by atoms with Gasteiger partial charge in [0.1, 0.15) is 5.56 Å². The van der Waals surface area contributed by atoms with Gasteiger partial charge in [-0.3, -0.25) is 4.79 Å². The van der Waals surface area contributed by atoms with Crippen LogP contribution in [-0.4, -0.2) is 22.2 Å². The molecule has 1 aliphatic heterocycles. The van der Waals surface area contributed by atoms with Crippen LogP contribution in [0.15, 0.2) is 17.1 Å². The number of hydrogen-bond donors (Lipinski definition) is 2. The van der Waals surface area contributed by atoms with E-state index in [2.05, 4.69) is 5.32 Å². The maximum Gasteiger partial charge on any atom is 0.341 e. The van der Waals surface area contributed by atoms with Crippen molar-refractivity contribution in [3.8, 4) is 0 Å². The van der Waals surface area contributed by atoms with Crippen molar-refractivity contribution in [3.63, 3.8) is 0 Å². The van der Waals surface area contributed by atoms with Gasteiger partial charge in [0.05, 0.1) is 0 Å². The second kappa shape index (κ2) is 3.26. The Morgan fingerprint density at radius 2 is 2.36 bits per heavy atom. The minimum atomic E-state index is -1.16. The molecule has 0 saturated carbocycles. The lowest BCUT2D eigenvalue weighted by Crippen LogP contribution is -2.31. The molecule has 0 saturated heterocycles. The van der Waals surface area contributed by atoms with E-state index in [1.165, 1.54) is 12.3 Å². The number of carboxylic acid groups (broad SMARTS) is 1. The van der Waals surface area contributed by atoms with Crippen LogP contribution < -0.4 is 10.7 Å². The fourth-order valence-corrected chi connectivity index (χ4v) is 1.55. The predicted octanol–water partition coefficient (Wildman–Crippen LogP) is -0.350. The molecular formula is C9H10N2O3. The van der Waals surface area contributed by atoms with E-state index in [9.17, 15) is 9.59 Å². The summed E-state index contributed by atoms with van der Waals surface area (Å²) in [7, 11) is 0. The molecule has 0 aromatic carbocycles. The number of carbonyl (C=O) groups is 1. The van der Waals surface area contributed by atoms with Gasteiger partial charge in [-0.05, 0) is 0 Å². The molecule has 0 aliphatic carbocycles. The zero-order valence-electron chi connectivity index (χ0n) is 7.49. The number of nitrogens with one attached hydrogen (secondary N) is 1. The van der Waals surface area contributed by atoms with Crippen molar-refractivity contribution in [2.24, 2.45) is 0 Å². The molecule has 1 aliphatic rings. The van der Waals surface area contributed by atoms with Crippen LogP contribution in [0.25, 0.3) is 0 Å². The highest BCUT2D eigenvalue weighted by atomic mass is 16.4. The van der Waals surface area contributed by atoms with Crippen molar-refractivity contribution in [1.29, 1.82) is 0 Å². The molecule has 0 fully saturated rings. The molecule has 2 N–H and O–H groups in total. The van der Waals surface area contributed by atoms with E-state index >= 15 is 0 Å². The van der Waals surface area contributed by atoms with Crippen LogP contribution in [0, 0.1) is 0 Å². The molecule has 0 spiro atoms. The monoisotopic (exact) mass is 194 g/mol. The summed E-state index contributed by atoms with van der Waals surface area (Å²) in [5.41, 5.74) is 0.259. The first-order valence-electron chi connectivity index (χ1n) is 4.36. The Hall–Kier alpha value is -1.62. The van der Waals surface area contributed by atoms with Crippen molar-refractivity contribution >= 4 is 5.97 Å². The number of pyridine rings is 1. The van der Waals surface area contributed by atoms with Gasteiger partial charge in [0.2, 0.25) is 0 Å². The lowest BCUT2D eigenvalue weighted by Gasteiger charge is -2.19. The molecule has 0 amide bonds. The van der Waals surface area contributed by atoms with E-state index < -0.39 is 11.4 Å². The largest absolute Gasteiger partial charge is 0.477 e. The predicted molar refractivity (Wildman–Crippen MR) is 49.4 cm³/mol. The Bertz CT molecular complexity index is 436. The molecule has 14 heavy (non-hydrogen) atoms. The molecule has 5 heteroatoms. The van der Waals surface area contributed by atoms with Gasteiger partial charge in [0, 0.05) is 37.6 Å². The van der Waals surface area contributed by atoms with Gasteiger partial charge in [0.25, 0.3) is 0 Å². The SMILES string of the molecule is O=C(O)c1cn2c(cc1=O)CNCC2. The summed E-state index contributed by atoms with van der Waals surface area (Å²) >= 11 is 0. The Kier molecular flexibility index (Phi) is 2.09. The van der Waals surface area contributed by atoms with Crippen molar-refractivity contribution < 1.29 is 9.90 Å². The minimum Gasteiger partial charge on any atom is -0.477 e. The smallest absolute Gasteiger partial charge is 0.341 e. The molecule has 1 aromatic rings. The molecule has 1 aromatic heterocycles. The van der Waals surface area contributed by atoms with Gasteiger partial charge in [-0.25, -0.2) is 4.79 Å². The van der Waals surface area contributed by atoms with Crippen LogP contribution in [0.1, 0.15) is 16.1 Å². The second-order valence-electron chi connectivity index (χ2n) is 3.22. The van der Waals surface area contributed by atoms with Crippen molar-refractivity contribution in [2.75, 3.05) is 6.54 Å². The molecule has 2 heterocycles. The zero-order chi connectivity index (χ0) is 10.1. The maximum absolute atomic E-state index is 11.3. The van der Waals surface area contributed by atoms with Crippen LogP contribution in [0.4, 0.5) is 0 Å². The van der Waals surface area contributed by atoms with Crippen LogP contribution in [0.3, 0.4) is 0 Å². The number of nitrogens with zero attached hydrogens (tertiary/aromatic N) is 1. The molecule has 74 valence electrons. The van der Waals surface area contributed by atoms with Gasteiger partial charge < -0.3 is 15.0 Å². The van der Waals surface area contributed by atoms with Gasteiger partial charge in [-0.1, -0.05) is 0 Å². The van der Waals surface area contributed by atoms with E-state index in [0.29, 0.717) is 13.1 Å². The zero-order valence-corrected chi connectivity index (χ0v) is 7.49. The lowest BCUT2D eigenvalue weighted by molar-refractivity contribution is 0.0694. The summed E-state index contributed by atoms with van der Waals surface area (Å²) in [6.45, 7) is 2.12. The Labute approximate surface area is 80.0 Å². The van der Waals surface area contributed by atoms with Crippen molar-refractivity contribution in [2.45, 2.75) is 13.1 Å². The summed E-state index contributed by atoms with van der Waals surface area (Å²) in [4.78, 5) is 22.0. The van der Waals surface area contributed by atoms with Crippen LogP contribution in [0.2, 0.25) is 0 Å². The third kappa shape index (κ3) is 1.42. The number of hydrogen-bond acceptors (Lipinski definition) is 3. The molecule has 0 radical (unpaired) electrons. The number of fused-ring (bicyclic) bond motifs is 1. The number of rotatable bonds is 1. The summed E-state index contributed by atoms with van der Waals surface area (Å²) in [5.74, 6) is -1.16. The summed E-state index contributed by atoms with van der Waals surface area (Å²) in [6, 6.07) is 1.38. The molecular weight excluding hydrogens is 184 g/mol. The summed E-state index contributed by atoms with van der Waals surface area (Å²) in [5, 5.41) is 11.8. The number of carboxylic acids is 1. The molecule has 5 nitrogen and oxygen atoms in total. The first-order chi connectivity index (χ1) is 6.68. The first kappa shape index (κ1) is 8.96. The van der Waals surface area contributed by atoms with E-state index in [0.717, 1.165) is 12.2 Å². The first-order valence-corrected chi connectivity index (χ1v) is 4.36. The highest BCUT2D eigenvalue weighted by molar-refractivity contribution is 5.87. The van der Waals surface area contributed by atoms with Gasteiger partial charge in [-0.15, -0.1) is 0 Å². The lowest BCUT2D eigenvalue weighted by atomic mass is 10.2. The van der Waals surface area contributed by atoms with Gasteiger partial charge >= 0.3 is 5.97 Å². The quantitative estimate of drug-likeness (QED) is 0.641. The van der Waals surface area contributed by atoms with E-state index in [1.807, 2.05) is 0 Å².